The van der Waals surface area contributed by atoms with E-state index in [9.17, 15) is 9.59 Å². The summed E-state index contributed by atoms with van der Waals surface area (Å²) in [6, 6.07) is 0. The molecule has 0 N–H and O–H groups in total. The third kappa shape index (κ3) is 6.10. The van der Waals surface area contributed by atoms with E-state index >= 15 is 0 Å². The van der Waals surface area contributed by atoms with Gasteiger partial charge in [-0.25, -0.2) is 0 Å². The van der Waals surface area contributed by atoms with Crippen molar-refractivity contribution in [2.75, 3.05) is 6.61 Å². The van der Waals surface area contributed by atoms with Gasteiger partial charge in [0.2, 0.25) is 0 Å². The van der Waals surface area contributed by atoms with Gasteiger partial charge in [0.15, 0.2) is 0 Å². The van der Waals surface area contributed by atoms with Crippen LogP contribution in [0.25, 0.3) is 0 Å². The van der Waals surface area contributed by atoms with Crippen LogP contribution in [-0.2, 0) is 19.1 Å². The lowest BCUT2D eigenvalue weighted by Gasteiger charge is -2.26. The zero-order valence-corrected chi connectivity index (χ0v) is 10.1. The van der Waals surface area contributed by atoms with E-state index in [-0.39, 0.29) is 24.5 Å². The fourth-order valence-corrected chi connectivity index (χ4v) is 0.745. The average molecular weight is 216 g/mol. The quantitative estimate of drug-likeness (QED) is 0.532. The maximum Gasteiger partial charge on any atom is 0.317 e. The summed E-state index contributed by atoms with van der Waals surface area (Å²) in [5, 5.41) is 0. The minimum atomic E-state index is -0.538. The largest absolute Gasteiger partial charge is 0.466 e. The van der Waals surface area contributed by atoms with Gasteiger partial charge in [0.05, 0.1) is 6.61 Å². The molecule has 0 aliphatic rings. The Morgan fingerprint density at radius 2 is 1.73 bits per heavy atom. The molecule has 0 rings (SSSR count). The first-order valence-electron chi connectivity index (χ1n) is 5.12. The lowest BCUT2D eigenvalue weighted by atomic mass is 9.90. The maximum absolute atomic E-state index is 11.3. The van der Waals surface area contributed by atoms with Crippen LogP contribution in [0.15, 0.2) is 0 Å². The summed E-state index contributed by atoms with van der Waals surface area (Å²) in [5.41, 5.74) is -0.121. The lowest BCUT2D eigenvalue weighted by molar-refractivity contribution is -0.160. The summed E-state index contributed by atoms with van der Waals surface area (Å²) in [7, 11) is 0. The molecule has 4 heteroatoms. The van der Waals surface area contributed by atoms with Crippen molar-refractivity contribution in [1.29, 1.82) is 0 Å². The van der Waals surface area contributed by atoms with Crippen LogP contribution >= 0.6 is 0 Å². The summed E-state index contributed by atoms with van der Waals surface area (Å²) < 4.78 is 9.73. The maximum atomic E-state index is 11.3. The Hall–Kier alpha value is -1.06. The highest BCUT2D eigenvalue weighted by atomic mass is 16.6. The molecule has 0 amide bonds. The zero-order chi connectivity index (χ0) is 12.1. The van der Waals surface area contributed by atoms with Crippen molar-refractivity contribution < 1.29 is 19.1 Å². The number of esters is 2. The van der Waals surface area contributed by atoms with E-state index in [1.54, 1.807) is 6.92 Å². The summed E-state index contributed by atoms with van der Waals surface area (Å²) in [5.74, 6) is -1.07. The third-order valence-electron chi connectivity index (χ3n) is 2.12. The molecule has 0 aromatic heterocycles. The molecule has 1 unspecified atom stereocenters. The Balaban J connectivity index is 3.99. The molecule has 0 aromatic carbocycles. The molecule has 0 aromatic rings. The Bertz CT molecular complexity index is 227. The molecule has 0 aliphatic carbocycles. The highest BCUT2D eigenvalue weighted by molar-refractivity contribution is 5.91. The van der Waals surface area contributed by atoms with Crippen LogP contribution in [0, 0.1) is 5.41 Å². The Morgan fingerprint density at radius 3 is 2.13 bits per heavy atom. The van der Waals surface area contributed by atoms with Gasteiger partial charge in [-0.3, -0.25) is 9.59 Å². The normalized spacial score (nSPS) is 13.1. The first-order valence-corrected chi connectivity index (χ1v) is 5.12. The van der Waals surface area contributed by atoms with Gasteiger partial charge >= 0.3 is 11.9 Å². The molecule has 0 fully saturated rings. The van der Waals surface area contributed by atoms with Gasteiger partial charge < -0.3 is 9.47 Å². The standard InChI is InChI=1S/C11H20O4/c1-6-14-9(12)7-10(13)15-8(2)11(3,4)5/h8H,6-7H2,1-5H3. The van der Waals surface area contributed by atoms with Gasteiger partial charge in [-0.05, 0) is 19.3 Å². The smallest absolute Gasteiger partial charge is 0.317 e. The first kappa shape index (κ1) is 13.9. The fourth-order valence-electron chi connectivity index (χ4n) is 0.745. The van der Waals surface area contributed by atoms with Crippen LogP contribution in [0.2, 0.25) is 0 Å². The fraction of sp³-hybridized carbons (Fsp3) is 0.818. The number of carbonyl (C=O) groups is 2. The Kier molecular flexibility index (Phi) is 5.33. The highest BCUT2D eigenvalue weighted by Crippen LogP contribution is 2.21. The number of rotatable bonds is 4. The summed E-state index contributed by atoms with van der Waals surface area (Å²) in [6.07, 6.45) is -0.534. The van der Waals surface area contributed by atoms with Gasteiger partial charge in [-0.2, -0.15) is 0 Å². The van der Waals surface area contributed by atoms with Crippen molar-refractivity contribution in [1.82, 2.24) is 0 Å². The second kappa shape index (κ2) is 5.73. The topological polar surface area (TPSA) is 52.6 Å². The van der Waals surface area contributed by atoms with Crippen molar-refractivity contribution in [3.8, 4) is 0 Å². The molecule has 4 nitrogen and oxygen atoms in total. The van der Waals surface area contributed by atoms with Crippen molar-refractivity contribution in [2.24, 2.45) is 5.41 Å². The van der Waals surface area contributed by atoms with E-state index in [4.69, 9.17) is 4.74 Å². The van der Waals surface area contributed by atoms with Gasteiger partial charge in [0.25, 0.3) is 0 Å². The first-order chi connectivity index (χ1) is 6.77. The van der Waals surface area contributed by atoms with Crippen LogP contribution in [-0.4, -0.2) is 24.6 Å². The van der Waals surface area contributed by atoms with Crippen LogP contribution in [0.1, 0.15) is 41.0 Å². The summed E-state index contributed by atoms with van der Waals surface area (Å²) in [4.78, 5) is 22.2. The third-order valence-corrected chi connectivity index (χ3v) is 2.12. The zero-order valence-electron chi connectivity index (χ0n) is 10.1. The molecule has 0 saturated heterocycles. The van der Waals surface area contributed by atoms with E-state index in [1.165, 1.54) is 0 Å². The lowest BCUT2D eigenvalue weighted by Crippen LogP contribution is -2.29. The van der Waals surface area contributed by atoms with E-state index < -0.39 is 11.9 Å². The minimum Gasteiger partial charge on any atom is -0.466 e. The van der Waals surface area contributed by atoms with E-state index in [0.29, 0.717) is 0 Å². The monoisotopic (exact) mass is 216 g/mol. The molecule has 1 atom stereocenters. The van der Waals surface area contributed by atoms with Gasteiger partial charge in [-0.1, -0.05) is 20.8 Å². The predicted octanol–water partition coefficient (Wildman–Crippen LogP) is 1.92. The molecule has 0 aliphatic heterocycles. The molecular formula is C11H20O4. The molecule has 88 valence electrons. The van der Waals surface area contributed by atoms with Crippen molar-refractivity contribution in [3.05, 3.63) is 0 Å². The predicted molar refractivity (Wildman–Crippen MR) is 56.3 cm³/mol. The van der Waals surface area contributed by atoms with Crippen molar-refractivity contribution >= 4 is 11.9 Å². The molecule has 0 bridgehead atoms. The molecule has 0 saturated carbocycles. The number of hydrogen-bond acceptors (Lipinski definition) is 4. The number of hydrogen-bond donors (Lipinski definition) is 0. The highest BCUT2D eigenvalue weighted by Gasteiger charge is 2.24. The number of ether oxygens (including phenoxy) is 2. The second-order valence-electron chi connectivity index (χ2n) is 4.48. The molecular weight excluding hydrogens is 196 g/mol. The van der Waals surface area contributed by atoms with Gasteiger partial charge in [0.1, 0.15) is 12.5 Å². The van der Waals surface area contributed by atoms with Gasteiger partial charge in [0, 0.05) is 0 Å². The van der Waals surface area contributed by atoms with E-state index in [2.05, 4.69) is 4.74 Å². The van der Waals surface area contributed by atoms with Crippen molar-refractivity contribution in [3.63, 3.8) is 0 Å². The van der Waals surface area contributed by atoms with Crippen LogP contribution in [0.3, 0.4) is 0 Å². The Labute approximate surface area is 90.9 Å². The molecule has 0 heterocycles. The van der Waals surface area contributed by atoms with Gasteiger partial charge in [-0.15, -0.1) is 0 Å². The minimum absolute atomic E-state index is 0.121. The average Bonchev–Trinajstić information content (AvgIpc) is 2.01. The van der Waals surface area contributed by atoms with Crippen LogP contribution in [0.4, 0.5) is 0 Å². The van der Waals surface area contributed by atoms with Crippen molar-refractivity contribution in [2.45, 2.75) is 47.1 Å². The molecule has 0 radical (unpaired) electrons. The summed E-state index contributed by atoms with van der Waals surface area (Å²) >= 11 is 0. The Morgan fingerprint density at radius 1 is 1.20 bits per heavy atom. The summed E-state index contributed by atoms with van der Waals surface area (Å²) in [6.45, 7) is 9.69. The van der Waals surface area contributed by atoms with E-state index in [0.717, 1.165) is 0 Å². The SMILES string of the molecule is CCOC(=O)CC(=O)OC(C)C(C)(C)C. The number of carbonyl (C=O) groups excluding carboxylic acids is 2. The van der Waals surface area contributed by atoms with Crippen LogP contribution in [0.5, 0.6) is 0 Å². The van der Waals surface area contributed by atoms with E-state index in [1.807, 2.05) is 27.7 Å². The molecule has 15 heavy (non-hydrogen) atoms. The molecule has 0 spiro atoms. The second-order valence-corrected chi connectivity index (χ2v) is 4.48. The van der Waals surface area contributed by atoms with Crippen LogP contribution < -0.4 is 0 Å².